The van der Waals surface area contributed by atoms with E-state index in [0.717, 1.165) is 25.2 Å². The molecule has 13 heavy (non-hydrogen) atoms. The summed E-state index contributed by atoms with van der Waals surface area (Å²) in [6, 6.07) is 5.22. The molecule has 0 saturated carbocycles. The Morgan fingerprint density at radius 2 is 2.31 bits per heavy atom. The average Bonchev–Trinajstić information content (AvgIpc) is 2.27. The van der Waals surface area contributed by atoms with Gasteiger partial charge in [0.1, 0.15) is 5.82 Å². The van der Waals surface area contributed by atoms with Crippen LogP contribution in [0.25, 0.3) is 0 Å². The highest BCUT2D eigenvalue weighted by atomic mass is 19.1. The lowest BCUT2D eigenvalue weighted by atomic mass is 10.1. The van der Waals surface area contributed by atoms with Gasteiger partial charge in [0.25, 0.3) is 0 Å². The number of hydrogen-bond donors (Lipinski definition) is 1. The first kappa shape index (κ1) is 8.51. The summed E-state index contributed by atoms with van der Waals surface area (Å²) < 4.78 is 13.3. The van der Waals surface area contributed by atoms with Crippen molar-refractivity contribution in [3.05, 3.63) is 29.6 Å². The van der Waals surface area contributed by atoms with Gasteiger partial charge in [0.15, 0.2) is 0 Å². The van der Waals surface area contributed by atoms with E-state index in [1.54, 1.807) is 6.07 Å². The van der Waals surface area contributed by atoms with Gasteiger partial charge >= 0.3 is 0 Å². The molecule has 0 bridgehead atoms. The van der Waals surface area contributed by atoms with Crippen LogP contribution < -0.4 is 5.32 Å². The van der Waals surface area contributed by atoms with E-state index in [-0.39, 0.29) is 5.82 Å². The molecule has 0 radical (unpaired) electrons. The normalized spacial score (nSPS) is 17.4. The van der Waals surface area contributed by atoms with Gasteiger partial charge in [-0.25, -0.2) is 4.39 Å². The quantitative estimate of drug-likeness (QED) is 0.653. The van der Waals surface area contributed by atoms with Crippen LogP contribution in [-0.4, -0.2) is 25.0 Å². The Labute approximate surface area is 77.4 Å². The van der Waals surface area contributed by atoms with Crippen LogP contribution in [0.1, 0.15) is 5.56 Å². The van der Waals surface area contributed by atoms with Crippen molar-refractivity contribution in [3.63, 3.8) is 0 Å². The summed E-state index contributed by atoms with van der Waals surface area (Å²) in [5, 5.41) is 3.11. The molecule has 0 aliphatic carbocycles. The first-order valence-corrected chi connectivity index (χ1v) is 4.47. The zero-order valence-corrected chi connectivity index (χ0v) is 7.68. The third-order valence-corrected chi connectivity index (χ3v) is 2.34. The van der Waals surface area contributed by atoms with E-state index < -0.39 is 0 Å². The highest BCUT2D eigenvalue weighted by molar-refractivity contribution is 5.53. The zero-order chi connectivity index (χ0) is 9.26. The predicted molar refractivity (Wildman–Crippen MR) is 51.2 cm³/mol. The highest BCUT2D eigenvalue weighted by Gasteiger charge is 2.13. The van der Waals surface area contributed by atoms with Crippen molar-refractivity contribution in [2.75, 3.05) is 25.5 Å². The molecule has 0 aromatic heterocycles. The van der Waals surface area contributed by atoms with Crippen LogP contribution in [0.4, 0.5) is 10.1 Å². The van der Waals surface area contributed by atoms with E-state index >= 15 is 0 Å². The molecule has 0 spiro atoms. The second-order valence-electron chi connectivity index (χ2n) is 3.44. The molecule has 0 amide bonds. The maximum absolute atomic E-state index is 13.3. The third-order valence-electron chi connectivity index (χ3n) is 2.34. The van der Waals surface area contributed by atoms with E-state index in [9.17, 15) is 4.39 Å². The molecule has 2 rings (SSSR count). The number of fused-ring (bicyclic) bond motifs is 1. The number of halogens is 1. The van der Waals surface area contributed by atoms with Gasteiger partial charge in [-0.15, -0.1) is 0 Å². The molecule has 0 saturated heterocycles. The van der Waals surface area contributed by atoms with Crippen molar-refractivity contribution in [2.24, 2.45) is 0 Å². The lowest BCUT2D eigenvalue weighted by molar-refractivity contribution is 0.346. The van der Waals surface area contributed by atoms with E-state index in [2.05, 4.69) is 10.2 Å². The zero-order valence-electron chi connectivity index (χ0n) is 7.68. The summed E-state index contributed by atoms with van der Waals surface area (Å²) in [6.07, 6.45) is 0. The predicted octanol–water partition coefficient (Wildman–Crippen LogP) is 1.68. The first-order valence-electron chi connectivity index (χ1n) is 4.47. The Hall–Kier alpha value is -1.09. The fraction of sp³-hybridized carbons (Fsp3) is 0.400. The Kier molecular flexibility index (Phi) is 2.19. The van der Waals surface area contributed by atoms with Crippen LogP contribution in [0.3, 0.4) is 0 Å². The van der Waals surface area contributed by atoms with Gasteiger partial charge < -0.3 is 10.2 Å². The van der Waals surface area contributed by atoms with Crippen molar-refractivity contribution < 1.29 is 4.39 Å². The van der Waals surface area contributed by atoms with E-state index in [0.29, 0.717) is 5.69 Å². The van der Waals surface area contributed by atoms with Crippen molar-refractivity contribution in [3.8, 4) is 0 Å². The minimum atomic E-state index is -0.146. The smallest absolute Gasteiger partial charge is 0.146 e. The number of para-hydroxylation sites is 1. The monoisotopic (exact) mass is 180 g/mol. The first-order chi connectivity index (χ1) is 6.27. The second-order valence-corrected chi connectivity index (χ2v) is 3.44. The van der Waals surface area contributed by atoms with Crippen LogP contribution in [0.5, 0.6) is 0 Å². The largest absolute Gasteiger partial charge is 0.381 e. The summed E-state index contributed by atoms with van der Waals surface area (Å²) in [4.78, 5) is 2.18. The number of benzene rings is 1. The van der Waals surface area contributed by atoms with Crippen LogP contribution in [0.2, 0.25) is 0 Å². The van der Waals surface area contributed by atoms with Crippen molar-refractivity contribution in [1.29, 1.82) is 0 Å². The standard InChI is InChI=1S/C10H13FN2/c1-13-6-5-12-10-8(7-13)3-2-4-9(10)11/h2-4,12H,5-7H2,1H3. The summed E-state index contributed by atoms with van der Waals surface area (Å²) in [5.41, 5.74) is 1.71. The molecule has 1 aliphatic heterocycles. The van der Waals surface area contributed by atoms with Gasteiger partial charge in [-0.2, -0.15) is 0 Å². The molecule has 0 atom stereocenters. The molecule has 70 valence electrons. The molecule has 1 aromatic carbocycles. The maximum atomic E-state index is 13.3. The fourth-order valence-corrected chi connectivity index (χ4v) is 1.64. The number of hydrogen-bond acceptors (Lipinski definition) is 2. The van der Waals surface area contributed by atoms with Gasteiger partial charge in [0.05, 0.1) is 5.69 Å². The molecule has 0 unspecified atom stereocenters. The van der Waals surface area contributed by atoms with Crippen molar-refractivity contribution in [1.82, 2.24) is 4.90 Å². The molecule has 3 heteroatoms. The maximum Gasteiger partial charge on any atom is 0.146 e. The van der Waals surface area contributed by atoms with Gasteiger partial charge in [-0.3, -0.25) is 0 Å². The van der Waals surface area contributed by atoms with Gasteiger partial charge in [0.2, 0.25) is 0 Å². The number of anilines is 1. The minimum absolute atomic E-state index is 0.146. The lowest BCUT2D eigenvalue weighted by Gasteiger charge is -2.11. The van der Waals surface area contributed by atoms with E-state index in [4.69, 9.17) is 0 Å². The SMILES string of the molecule is CN1CCNc2c(F)cccc2C1. The minimum Gasteiger partial charge on any atom is -0.381 e. The van der Waals surface area contributed by atoms with E-state index in [1.807, 2.05) is 13.1 Å². The number of likely N-dealkylation sites (N-methyl/N-ethyl adjacent to an activating group) is 1. The molecule has 1 heterocycles. The topological polar surface area (TPSA) is 15.3 Å². The lowest BCUT2D eigenvalue weighted by Crippen LogP contribution is -2.20. The van der Waals surface area contributed by atoms with Crippen LogP contribution in [-0.2, 0) is 6.54 Å². The Morgan fingerprint density at radius 3 is 3.15 bits per heavy atom. The van der Waals surface area contributed by atoms with Gasteiger partial charge in [-0.1, -0.05) is 12.1 Å². The summed E-state index contributed by atoms with van der Waals surface area (Å²) in [7, 11) is 2.04. The molecule has 1 aliphatic rings. The fourth-order valence-electron chi connectivity index (χ4n) is 1.64. The van der Waals surface area contributed by atoms with Crippen LogP contribution >= 0.6 is 0 Å². The Bertz CT molecular complexity index is 312. The van der Waals surface area contributed by atoms with E-state index in [1.165, 1.54) is 6.07 Å². The summed E-state index contributed by atoms with van der Waals surface area (Å²) in [5.74, 6) is -0.146. The van der Waals surface area contributed by atoms with Crippen molar-refractivity contribution >= 4 is 5.69 Å². The Balaban J connectivity index is 2.39. The molecule has 2 nitrogen and oxygen atoms in total. The number of rotatable bonds is 0. The molecule has 0 fully saturated rings. The van der Waals surface area contributed by atoms with Gasteiger partial charge in [0, 0.05) is 19.6 Å². The van der Waals surface area contributed by atoms with Crippen molar-refractivity contribution in [2.45, 2.75) is 6.54 Å². The Morgan fingerprint density at radius 1 is 1.46 bits per heavy atom. The van der Waals surface area contributed by atoms with Gasteiger partial charge in [-0.05, 0) is 18.7 Å². The molecular formula is C10H13FN2. The summed E-state index contributed by atoms with van der Waals surface area (Å²) in [6.45, 7) is 2.58. The highest BCUT2D eigenvalue weighted by Crippen LogP contribution is 2.22. The van der Waals surface area contributed by atoms with Crippen LogP contribution in [0, 0.1) is 5.82 Å². The van der Waals surface area contributed by atoms with Crippen LogP contribution in [0.15, 0.2) is 18.2 Å². The molecular weight excluding hydrogens is 167 g/mol. The molecule has 1 N–H and O–H groups in total. The molecule has 1 aromatic rings. The number of nitrogens with one attached hydrogen (secondary N) is 1. The number of nitrogens with zero attached hydrogens (tertiary/aromatic N) is 1. The average molecular weight is 180 g/mol. The second kappa shape index (κ2) is 3.34. The third kappa shape index (κ3) is 1.65. The summed E-state index contributed by atoms with van der Waals surface area (Å²) >= 11 is 0.